The van der Waals surface area contributed by atoms with Crippen molar-refractivity contribution < 1.29 is 19.2 Å². The summed E-state index contributed by atoms with van der Waals surface area (Å²) in [6.45, 7) is 3.56. The molecule has 0 atom stereocenters. The van der Waals surface area contributed by atoms with Gasteiger partial charge in [-0.05, 0) is 11.4 Å². The lowest BCUT2D eigenvalue weighted by molar-refractivity contribution is -0.922. The number of ether oxygens (including phenoxy) is 2. The Bertz CT molecular complexity index is 1000. The molecule has 142 valence electrons. The van der Waals surface area contributed by atoms with Gasteiger partial charge in [0.1, 0.15) is 31.0 Å². The number of aromatic nitrogens is 2. The highest BCUT2D eigenvalue weighted by Crippen LogP contribution is 2.33. The summed E-state index contributed by atoms with van der Waals surface area (Å²) in [7, 11) is 1.33. The number of carbonyl (C=O) groups excluding carboxylic acids is 1. The van der Waals surface area contributed by atoms with Gasteiger partial charge in [-0.25, -0.2) is 4.98 Å². The molecule has 4 rings (SSSR count). The minimum atomic E-state index is -0.454. The molecule has 0 radical (unpaired) electrons. The van der Waals surface area contributed by atoms with Crippen LogP contribution in [0.4, 0.5) is 0 Å². The van der Waals surface area contributed by atoms with E-state index in [1.165, 1.54) is 27.9 Å². The van der Waals surface area contributed by atoms with Crippen molar-refractivity contribution in [2.45, 2.75) is 13.1 Å². The summed E-state index contributed by atoms with van der Waals surface area (Å²) in [5.41, 5.74) is 0.698. The van der Waals surface area contributed by atoms with Crippen molar-refractivity contribution in [3.8, 4) is 10.4 Å². The number of esters is 1. The van der Waals surface area contributed by atoms with Crippen LogP contribution in [-0.2, 0) is 27.4 Å². The summed E-state index contributed by atoms with van der Waals surface area (Å²) in [5, 5.41) is 4.53. The molecule has 0 aliphatic carbocycles. The predicted molar refractivity (Wildman–Crippen MR) is 104 cm³/mol. The molecule has 1 fully saturated rings. The van der Waals surface area contributed by atoms with Gasteiger partial charge in [-0.1, -0.05) is 6.07 Å². The number of thiophene rings is 2. The van der Waals surface area contributed by atoms with Crippen LogP contribution in [0.15, 0.2) is 27.7 Å². The summed E-state index contributed by atoms with van der Waals surface area (Å²) < 4.78 is 11.7. The third-order valence-electron chi connectivity index (χ3n) is 4.68. The standard InChI is InChI=1S/C18H19N3O4S2/c1-24-15(22)10-21-14(9-20-4-6-25-7-5-20)19-17-16(18(21)23)12(11-27-17)13-3-2-8-26-13/h2-3,8,11H,4-7,9-10H2,1H3/p+1. The monoisotopic (exact) mass is 406 g/mol. The van der Waals surface area contributed by atoms with Gasteiger partial charge in [0.05, 0.1) is 25.7 Å². The molecular formula is C18H20N3O4S2+. The maximum Gasteiger partial charge on any atom is 0.325 e. The van der Waals surface area contributed by atoms with Gasteiger partial charge in [0.25, 0.3) is 5.56 Å². The molecule has 1 aliphatic rings. The van der Waals surface area contributed by atoms with E-state index in [-0.39, 0.29) is 12.1 Å². The molecule has 1 N–H and O–H groups in total. The average molecular weight is 407 g/mol. The van der Waals surface area contributed by atoms with Crippen LogP contribution in [0.3, 0.4) is 0 Å². The smallest absolute Gasteiger partial charge is 0.325 e. The van der Waals surface area contributed by atoms with Gasteiger partial charge in [-0.3, -0.25) is 14.2 Å². The number of morpholine rings is 1. The Labute approximate surface area is 163 Å². The maximum absolute atomic E-state index is 13.3. The highest BCUT2D eigenvalue weighted by Gasteiger charge is 2.23. The van der Waals surface area contributed by atoms with Gasteiger partial charge < -0.3 is 14.4 Å². The molecule has 3 aromatic rings. The lowest BCUT2D eigenvalue weighted by atomic mass is 10.2. The third kappa shape index (κ3) is 3.68. The molecule has 0 saturated carbocycles. The van der Waals surface area contributed by atoms with E-state index in [9.17, 15) is 9.59 Å². The molecular weight excluding hydrogens is 386 g/mol. The quantitative estimate of drug-likeness (QED) is 0.634. The fraction of sp³-hybridized carbons (Fsp3) is 0.389. The summed E-state index contributed by atoms with van der Waals surface area (Å²) in [5.74, 6) is 0.166. The number of hydrogen-bond acceptors (Lipinski definition) is 7. The second-order valence-electron chi connectivity index (χ2n) is 6.34. The molecule has 0 spiro atoms. The number of fused-ring (bicyclic) bond motifs is 1. The van der Waals surface area contributed by atoms with E-state index in [0.29, 0.717) is 35.8 Å². The van der Waals surface area contributed by atoms with E-state index in [4.69, 9.17) is 14.5 Å². The van der Waals surface area contributed by atoms with Crippen LogP contribution < -0.4 is 10.5 Å². The fourth-order valence-electron chi connectivity index (χ4n) is 3.23. The van der Waals surface area contributed by atoms with Crippen molar-refractivity contribution in [1.29, 1.82) is 0 Å². The lowest BCUT2D eigenvalue weighted by Gasteiger charge is -2.24. The van der Waals surface area contributed by atoms with E-state index >= 15 is 0 Å². The highest BCUT2D eigenvalue weighted by molar-refractivity contribution is 7.18. The first-order valence-electron chi connectivity index (χ1n) is 8.70. The van der Waals surface area contributed by atoms with Crippen molar-refractivity contribution in [3.63, 3.8) is 0 Å². The van der Waals surface area contributed by atoms with Crippen molar-refractivity contribution in [2.24, 2.45) is 0 Å². The van der Waals surface area contributed by atoms with Crippen molar-refractivity contribution in [1.82, 2.24) is 9.55 Å². The van der Waals surface area contributed by atoms with Crippen LogP contribution in [0.5, 0.6) is 0 Å². The summed E-state index contributed by atoms with van der Waals surface area (Å²) >= 11 is 3.05. The SMILES string of the molecule is COC(=O)Cn1c(C[NH+]2CCOCC2)nc2scc(-c3cccs3)c2c1=O. The first-order chi connectivity index (χ1) is 13.2. The Hall–Kier alpha value is -2.07. The van der Waals surface area contributed by atoms with Crippen LogP contribution in [0, 0.1) is 0 Å². The second-order valence-corrected chi connectivity index (χ2v) is 8.15. The zero-order chi connectivity index (χ0) is 18.8. The largest absolute Gasteiger partial charge is 0.468 e. The molecule has 4 heterocycles. The number of rotatable bonds is 5. The minimum absolute atomic E-state index is 0.128. The molecule has 0 unspecified atom stereocenters. The molecule has 7 nitrogen and oxygen atoms in total. The molecule has 9 heteroatoms. The molecule has 0 bridgehead atoms. The van der Waals surface area contributed by atoms with Gasteiger partial charge in [0, 0.05) is 15.8 Å². The normalized spacial score (nSPS) is 15.3. The number of nitrogens with zero attached hydrogens (tertiary/aromatic N) is 2. The Morgan fingerprint density at radius 1 is 1.37 bits per heavy atom. The second kappa shape index (κ2) is 7.89. The highest BCUT2D eigenvalue weighted by atomic mass is 32.1. The molecule has 0 aromatic carbocycles. The molecule has 27 heavy (non-hydrogen) atoms. The number of methoxy groups -OCH3 is 1. The topological polar surface area (TPSA) is 74.9 Å². The summed E-state index contributed by atoms with van der Waals surface area (Å²) in [6.07, 6.45) is 0. The third-order valence-corrected chi connectivity index (χ3v) is 6.46. The van der Waals surface area contributed by atoms with Crippen LogP contribution >= 0.6 is 22.7 Å². The van der Waals surface area contributed by atoms with Crippen LogP contribution in [-0.4, -0.2) is 48.9 Å². The summed E-state index contributed by atoms with van der Waals surface area (Å²) in [4.78, 5) is 33.0. The Kier molecular flexibility index (Phi) is 5.35. The Morgan fingerprint density at radius 2 is 2.19 bits per heavy atom. The van der Waals surface area contributed by atoms with Crippen molar-refractivity contribution >= 4 is 38.9 Å². The van der Waals surface area contributed by atoms with Crippen LogP contribution in [0.2, 0.25) is 0 Å². The van der Waals surface area contributed by atoms with Gasteiger partial charge in [-0.15, -0.1) is 22.7 Å². The summed E-state index contributed by atoms with van der Waals surface area (Å²) in [6, 6.07) is 3.95. The van der Waals surface area contributed by atoms with Gasteiger partial charge in [-0.2, -0.15) is 0 Å². The van der Waals surface area contributed by atoms with Gasteiger partial charge in [0.15, 0.2) is 5.82 Å². The van der Waals surface area contributed by atoms with Crippen molar-refractivity contribution in [2.75, 3.05) is 33.4 Å². The molecule has 1 aliphatic heterocycles. The van der Waals surface area contributed by atoms with E-state index in [1.807, 2.05) is 22.9 Å². The van der Waals surface area contributed by atoms with Crippen LogP contribution in [0.25, 0.3) is 20.7 Å². The Balaban J connectivity index is 1.82. The molecule has 0 amide bonds. The Morgan fingerprint density at radius 3 is 2.89 bits per heavy atom. The zero-order valence-corrected chi connectivity index (χ0v) is 16.5. The first kappa shape index (κ1) is 18.3. The van der Waals surface area contributed by atoms with E-state index in [1.54, 1.807) is 11.3 Å². The number of carbonyl (C=O) groups is 1. The molecule has 3 aromatic heterocycles. The predicted octanol–water partition coefficient (Wildman–Crippen LogP) is 0.775. The fourth-order valence-corrected chi connectivity index (χ4v) is 5.00. The van der Waals surface area contributed by atoms with Gasteiger partial charge >= 0.3 is 5.97 Å². The first-order valence-corrected chi connectivity index (χ1v) is 10.5. The number of hydrogen-bond donors (Lipinski definition) is 1. The average Bonchev–Trinajstić information content (AvgIpc) is 3.35. The van der Waals surface area contributed by atoms with Crippen molar-refractivity contribution in [3.05, 3.63) is 39.1 Å². The zero-order valence-electron chi connectivity index (χ0n) is 14.9. The maximum atomic E-state index is 13.3. The molecule has 1 saturated heterocycles. The lowest BCUT2D eigenvalue weighted by Crippen LogP contribution is -3.13. The number of quaternary nitrogens is 1. The van der Waals surface area contributed by atoms with Gasteiger partial charge in [0.2, 0.25) is 0 Å². The van der Waals surface area contributed by atoms with E-state index in [2.05, 4.69) is 0 Å². The van der Waals surface area contributed by atoms with Crippen LogP contribution in [0.1, 0.15) is 5.82 Å². The van der Waals surface area contributed by atoms with E-state index in [0.717, 1.165) is 23.5 Å². The van der Waals surface area contributed by atoms with E-state index < -0.39 is 5.97 Å². The minimum Gasteiger partial charge on any atom is -0.468 e. The number of nitrogens with one attached hydrogen (secondary N) is 1.